The molecule has 0 spiro atoms. The Morgan fingerprint density at radius 3 is 2.82 bits per heavy atom. The first-order chi connectivity index (χ1) is 10.8. The second kappa shape index (κ2) is 5.15. The third kappa shape index (κ3) is 2.29. The standard InChI is InChI=1S/C12H8N6O3S/c13-10-9(16-21-17-10)11-15-8(20-18-11)5-22-12-14-6-3-1-2-4-7(6)19-12/h1-4H,5H2,(H2,13,17). The molecule has 1 aromatic carbocycles. The zero-order valence-corrected chi connectivity index (χ0v) is 11.8. The zero-order chi connectivity index (χ0) is 14.9. The summed E-state index contributed by atoms with van der Waals surface area (Å²) in [6.07, 6.45) is 0. The molecule has 4 aromatic rings. The number of nitrogens with zero attached hydrogens (tertiary/aromatic N) is 5. The maximum absolute atomic E-state index is 5.59. The largest absolute Gasteiger partial charge is 0.431 e. The van der Waals surface area contributed by atoms with Crippen molar-refractivity contribution < 1.29 is 13.6 Å². The summed E-state index contributed by atoms with van der Waals surface area (Å²) in [7, 11) is 0. The van der Waals surface area contributed by atoms with Crippen LogP contribution >= 0.6 is 11.8 Å². The molecule has 0 radical (unpaired) electrons. The van der Waals surface area contributed by atoms with E-state index in [0.29, 0.717) is 16.9 Å². The topological polar surface area (TPSA) is 130 Å². The van der Waals surface area contributed by atoms with Crippen LogP contribution in [0.25, 0.3) is 22.6 Å². The van der Waals surface area contributed by atoms with Gasteiger partial charge in [0.1, 0.15) is 5.52 Å². The van der Waals surface area contributed by atoms with Gasteiger partial charge in [0.25, 0.3) is 5.22 Å². The van der Waals surface area contributed by atoms with Gasteiger partial charge in [-0.2, -0.15) is 4.98 Å². The van der Waals surface area contributed by atoms with Gasteiger partial charge in [0, 0.05) is 0 Å². The van der Waals surface area contributed by atoms with E-state index in [1.54, 1.807) is 0 Å². The Morgan fingerprint density at radius 2 is 2.00 bits per heavy atom. The van der Waals surface area contributed by atoms with Crippen molar-refractivity contribution in [1.29, 1.82) is 0 Å². The average Bonchev–Trinajstić information content (AvgIpc) is 3.23. The van der Waals surface area contributed by atoms with Crippen LogP contribution in [0.2, 0.25) is 0 Å². The van der Waals surface area contributed by atoms with Gasteiger partial charge in [-0.15, -0.1) is 0 Å². The Labute approximate surface area is 126 Å². The van der Waals surface area contributed by atoms with Gasteiger partial charge in [0.15, 0.2) is 17.1 Å². The van der Waals surface area contributed by atoms with Gasteiger partial charge in [-0.3, -0.25) is 0 Å². The van der Waals surface area contributed by atoms with E-state index in [-0.39, 0.29) is 17.3 Å². The van der Waals surface area contributed by atoms with E-state index in [4.69, 9.17) is 14.7 Å². The lowest BCUT2D eigenvalue weighted by Crippen LogP contribution is -1.90. The van der Waals surface area contributed by atoms with Crippen LogP contribution in [0.3, 0.4) is 0 Å². The van der Waals surface area contributed by atoms with Gasteiger partial charge >= 0.3 is 0 Å². The molecule has 0 unspecified atom stereocenters. The lowest BCUT2D eigenvalue weighted by atomic mass is 10.3. The van der Waals surface area contributed by atoms with E-state index >= 15 is 0 Å². The fourth-order valence-electron chi connectivity index (χ4n) is 1.80. The molecular formula is C12H8N6O3S. The number of para-hydroxylation sites is 2. The van der Waals surface area contributed by atoms with Gasteiger partial charge in [-0.25, -0.2) is 9.61 Å². The first-order valence-electron chi connectivity index (χ1n) is 6.19. The molecule has 0 saturated carbocycles. The molecule has 10 heteroatoms. The predicted molar refractivity (Wildman–Crippen MR) is 75.6 cm³/mol. The summed E-state index contributed by atoms with van der Waals surface area (Å²) >= 11 is 1.35. The Hall–Kier alpha value is -2.88. The van der Waals surface area contributed by atoms with Crippen LogP contribution in [0.1, 0.15) is 5.89 Å². The molecule has 0 bridgehead atoms. The van der Waals surface area contributed by atoms with Crippen molar-refractivity contribution in [1.82, 2.24) is 25.4 Å². The molecule has 0 aliphatic rings. The van der Waals surface area contributed by atoms with E-state index in [1.165, 1.54) is 11.8 Å². The van der Waals surface area contributed by atoms with Crippen molar-refractivity contribution in [3.8, 4) is 11.5 Å². The molecule has 3 aromatic heterocycles. The summed E-state index contributed by atoms with van der Waals surface area (Å²) in [4.78, 5) is 8.52. The highest BCUT2D eigenvalue weighted by atomic mass is 32.2. The van der Waals surface area contributed by atoms with E-state index in [2.05, 4.69) is 30.1 Å². The fraction of sp³-hybridized carbons (Fsp3) is 0.0833. The lowest BCUT2D eigenvalue weighted by molar-refractivity contribution is 0.310. The van der Waals surface area contributed by atoms with Crippen molar-refractivity contribution in [2.24, 2.45) is 0 Å². The molecule has 110 valence electrons. The SMILES string of the molecule is Nc1nonc1-c1noc(CSc2nc3ccccc3o2)n1. The number of rotatable bonds is 4. The first-order valence-corrected chi connectivity index (χ1v) is 7.17. The summed E-state index contributed by atoms with van der Waals surface area (Å²) in [6, 6.07) is 7.54. The molecule has 9 nitrogen and oxygen atoms in total. The smallest absolute Gasteiger partial charge is 0.257 e. The van der Waals surface area contributed by atoms with Gasteiger partial charge < -0.3 is 14.7 Å². The first kappa shape index (κ1) is 12.8. The molecule has 3 heterocycles. The van der Waals surface area contributed by atoms with E-state index in [9.17, 15) is 0 Å². The minimum absolute atomic E-state index is 0.110. The molecular weight excluding hydrogens is 308 g/mol. The lowest BCUT2D eigenvalue weighted by Gasteiger charge is -1.89. The molecule has 0 aliphatic carbocycles. The molecule has 0 fully saturated rings. The number of thioether (sulfide) groups is 1. The third-order valence-electron chi connectivity index (χ3n) is 2.79. The van der Waals surface area contributed by atoms with Crippen LogP contribution in [0.15, 0.2) is 43.1 Å². The number of hydrogen-bond donors (Lipinski definition) is 1. The fourth-order valence-corrected chi connectivity index (χ4v) is 2.47. The van der Waals surface area contributed by atoms with Gasteiger partial charge in [-0.1, -0.05) is 29.1 Å². The van der Waals surface area contributed by atoms with Crippen LogP contribution in [0, 0.1) is 0 Å². The van der Waals surface area contributed by atoms with Crippen LogP contribution < -0.4 is 5.73 Å². The number of aromatic nitrogens is 5. The highest BCUT2D eigenvalue weighted by Gasteiger charge is 2.17. The van der Waals surface area contributed by atoms with Gasteiger partial charge in [-0.05, 0) is 22.4 Å². The summed E-state index contributed by atoms with van der Waals surface area (Å²) in [5.74, 6) is 1.14. The number of benzene rings is 1. The predicted octanol–water partition coefficient (Wildman–Crippen LogP) is 2.14. The molecule has 4 rings (SSSR count). The van der Waals surface area contributed by atoms with Crippen molar-refractivity contribution in [2.75, 3.05) is 5.73 Å². The summed E-state index contributed by atoms with van der Waals surface area (Å²) in [5, 5.41) is 11.4. The van der Waals surface area contributed by atoms with Gasteiger partial charge in [0.05, 0.1) is 5.75 Å². The number of nitrogen functional groups attached to an aromatic ring is 1. The molecule has 0 amide bonds. The number of fused-ring (bicyclic) bond motifs is 1. The maximum Gasteiger partial charge on any atom is 0.257 e. The van der Waals surface area contributed by atoms with E-state index in [1.807, 2.05) is 24.3 Å². The van der Waals surface area contributed by atoms with Crippen LogP contribution in [0.4, 0.5) is 5.82 Å². The Kier molecular flexibility index (Phi) is 3.00. The van der Waals surface area contributed by atoms with E-state index in [0.717, 1.165) is 11.1 Å². The van der Waals surface area contributed by atoms with Crippen LogP contribution in [-0.4, -0.2) is 25.4 Å². The molecule has 22 heavy (non-hydrogen) atoms. The molecule has 0 aliphatic heterocycles. The third-order valence-corrected chi connectivity index (χ3v) is 3.60. The minimum Gasteiger partial charge on any atom is -0.431 e. The molecule has 0 atom stereocenters. The Bertz CT molecular complexity index is 897. The Morgan fingerprint density at radius 1 is 1.09 bits per heavy atom. The van der Waals surface area contributed by atoms with Crippen molar-refractivity contribution >= 4 is 28.7 Å². The number of anilines is 1. The van der Waals surface area contributed by atoms with Crippen LogP contribution in [-0.2, 0) is 5.75 Å². The Balaban J connectivity index is 1.50. The quantitative estimate of drug-likeness (QED) is 0.558. The monoisotopic (exact) mass is 316 g/mol. The normalized spacial score (nSPS) is 11.3. The zero-order valence-electron chi connectivity index (χ0n) is 11.0. The highest BCUT2D eigenvalue weighted by Crippen LogP contribution is 2.26. The second-order valence-corrected chi connectivity index (χ2v) is 5.17. The molecule has 0 saturated heterocycles. The average molecular weight is 316 g/mol. The second-order valence-electron chi connectivity index (χ2n) is 4.25. The van der Waals surface area contributed by atoms with Gasteiger partial charge in [0.2, 0.25) is 11.7 Å². The minimum atomic E-state index is 0.110. The number of nitrogens with two attached hydrogens (primary N) is 1. The van der Waals surface area contributed by atoms with Crippen molar-refractivity contribution in [2.45, 2.75) is 11.0 Å². The van der Waals surface area contributed by atoms with Crippen LogP contribution in [0.5, 0.6) is 0 Å². The summed E-state index contributed by atoms with van der Waals surface area (Å²) in [5.41, 5.74) is 7.36. The van der Waals surface area contributed by atoms with Crippen molar-refractivity contribution in [3.05, 3.63) is 30.2 Å². The summed E-state index contributed by atoms with van der Waals surface area (Å²) < 4.78 is 15.2. The molecule has 2 N–H and O–H groups in total. The highest BCUT2D eigenvalue weighted by molar-refractivity contribution is 7.98. The van der Waals surface area contributed by atoms with Crippen molar-refractivity contribution in [3.63, 3.8) is 0 Å². The summed E-state index contributed by atoms with van der Waals surface area (Å²) in [6.45, 7) is 0. The number of hydrogen-bond acceptors (Lipinski definition) is 10. The number of oxazole rings is 1. The van der Waals surface area contributed by atoms with E-state index < -0.39 is 0 Å². The maximum atomic E-state index is 5.59.